The topological polar surface area (TPSA) is 75.6 Å². The lowest BCUT2D eigenvalue weighted by Gasteiger charge is -2.43. The van der Waals surface area contributed by atoms with Crippen molar-refractivity contribution in [2.24, 2.45) is 11.3 Å². The third-order valence-corrected chi connectivity index (χ3v) is 3.24. The van der Waals surface area contributed by atoms with Gasteiger partial charge in [0.15, 0.2) is 0 Å². The first-order chi connectivity index (χ1) is 8.48. The van der Waals surface area contributed by atoms with Gasteiger partial charge in [-0.2, -0.15) is 0 Å². The molecule has 0 heterocycles. The Hall–Kier alpha value is -1.26. The third-order valence-electron chi connectivity index (χ3n) is 3.24. The molecule has 0 radical (unpaired) electrons. The molecule has 1 aliphatic rings. The summed E-state index contributed by atoms with van der Waals surface area (Å²) in [7, 11) is 0. The van der Waals surface area contributed by atoms with Crippen LogP contribution in [0.25, 0.3) is 0 Å². The third kappa shape index (κ3) is 5.49. The van der Waals surface area contributed by atoms with Gasteiger partial charge in [-0.1, -0.05) is 13.8 Å². The summed E-state index contributed by atoms with van der Waals surface area (Å²) < 4.78 is 5.08. The Morgan fingerprint density at radius 2 is 1.89 bits per heavy atom. The molecule has 19 heavy (non-hydrogen) atoms. The van der Waals surface area contributed by atoms with Gasteiger partial charge in [0.1, 0.15) is 11.6 Å². The average Bonchev–Trinajstić information content (AvgIpc) is 2.10. The Morgan fingerprint density at radius 3 is 2.26 bits per heavy atom. The Balaban J connectivity index is 2.46. The minimum absolute atomic E-state index is 0.305. The molecule has 0 bridgehead atoms. The summed E-state index contributed by atoms with van der Waals surface area (Å²) in [6.45, 7) is 9.57. The molecule has 0 aromatic heterocycles. The van der Waals surface area contributed by atoms with E-state index in [0.29, 0.717) is 17.8 Å². The van der Waals surface area contributed by atoms with E-state index in [4.69, 9.17) is 9.84 Å². The van der Waals surface area contributed by atoms with E-state index in [0.717, 1.165) is 12.8 Å². The molecule has 1 aliphatic carbocycles. The number of carboxylic acid groups (broad SMARTS) is 1. The van der Waals surface area contributed by atoms with Crippen molar-refractivity contribution in [1.29, 1.82) is 0 Å². The second-order valence-corrected chi connectivity index (χ2v) is 7.21. The van der Waals surface area contributed by atoms with E-state index in [1.54, 1.807) is 20.8 Å². The standard InChI is InChI=1S/C14H25NO4/c1-13(2,3)19-12(18)15-10(11(16)17)6-9-7-14(4,5)8-9/h9-10H,6-8H2,1-5H3,(H,15,18)(H,16,17)/t10-/m1/s1. The highest BCUT2D eigenvalue weighted by Gasteiger charge is 2.38. The molecule has 5 nitrogen and oxygen atoms in total. The molecule has 5 heteroatoms. The predicted octanol–water partition coefficient (Wildman–Crippen LogP) is 2.79. The summed E-state index contributed by atoms with van der Waals surface area (Å²) in [5.41, 5.74) is -0.314. The number of carbonyl (C=O) groups excluding carboxylic acids is 1. The monoisotopic (exact) mass is 271 g/mol. The van der Waals surface area contributed by atoms with Crippen molar-refractivity contribution in [3.63, 3.8) is 0 Å². The highest BCUT2D eigenvalue weighted by atomic mass is 16.6. The zero-order valence-electron chi connectivity index (χ0n) is 12.4. The fourth-order valence-corrected chi connectivity index (χ4v) is 2.67. The molecule has 1 amide bonds. The molecule has 0 spiro atoms. The first-order valence-corrected chi connectivity index (χ1v) is 6.71. The van der Waals surface area contributed by atoms with Crippen LogP contribution in [0.4, 0.5) is 4.79 Å². The molecule has 0 unspecified atom stereocenters. The Labute approximate surface area is 114 Å². The van der Waals surface area contributed by atoms with Crippen molar-refractivity contribution in [3.8, 4) is 0 Å². The normalized spacial score (nSPS) is 20.3. The molecular weight excluding hydrogens is 246 g/mol. The van der Waals surface area contributed by atoms with Crippen LogP contribution in [-0.4, -0.2) is 28.8 Å². The Bertz CT molecular complexity index is 349. The number of carboxylic acids is 1. The highest BCUT2D eigenvalue weighted by Crippen LogP contribution is 2.46. The molecule has 0 aliphatic heterocycles. The molecule has 0 aromatic rings. The number of alkyl carbamates (subject to hydrolysis) is 1. The summed E-state index contributed by atoms with van der Waals surface area (Å²) >= 11 is 0. The van der Waals surface area contributed by atoms with Crippen LogP contribution >= 0.6 is 0 Å². The molecule has 1 saturated carbocycles. The number of aliphatic carboxylic acids is 1. The van der Waals surface area contributed by atoms with Gasteiger partial charge in [-0.25, -0.2) is 9.59 Å². The number of rotatable bonds is 4. The van der Waals surface area contributed by atoms with Gasteiger partial charge in [-0.15, -0.1) is 0 Å². The van der Waals surface area contributed by atoms with E-state index in [-0.39, 0.29) is 0 Å². The first kappa shape index (κ1) is 15.8. The lowest BCUT2D eigenvalue weighted by molar-refractivity contribution is -0.140. The summed E-state index contributed by atoms with van der Waals surface area (Å²) in [6.07, 6.45) is 1.82. The molecule has 0 aromatic carbocycles. The van der Waals surface area contributed by atoms with Crippen molar-refractivity contribution in [3.05, 3.63) is 0 Å². The van der Waals surface area contributed by atoms with Gasteiger partial charge in [0.05, 0.1) is 0 Å². The van der Waals surface area contributed by atoms with E-state index in [1.807, 2.05) is 0 Å². The second-order valence-electron chi connectivity index (χ2n) is 7.21. The van der Waals surface area contributed by atoms with Crippen molar-refractivity contribution in [1.82, 2.24) is 5.32 Å². The quantitative estimate of drug-likeness (QED) is 0.824. The molecule has 2 N–H and O–H groups in total. The molecule has 0 saturated heterocycles. The minimum atomic E-state index is -1.00. The van der Waals surface area contributed by atoms with Crippen LogP contribution in [0.2, 0.25) is 0 Å². The number of ether oxygens (including phenoxy) is 1. The summed E-state index contributed by atoms with van der Waals surface area (Å²) in [4.78, 5) is 22.8. The molecule has 1 fully saturated rings. The SMILES string of the molecule is CC1(C)CC(C[C@@H](NC(=O)OC(C)(C)C)C(=O)O)C1. The number of hydrogen-bond acceptors (Lipinski definition) is 3. The lowest BCUT2D eigenvalue weighted by atomic mass is 9.63. The van der Waals surface area contributed by atoms with Gasteiger partial charge in [-0.3, -0.25) is 0 Å². The Morgan fingerprint density at radius 1 is 1.37 bits per heavy atom. The largest absolute Gasteiger partial charge is 0.480 e. The zero-order valence-corrected chi connectivity index (χ0v) is 12.4. The number of hydrogen-bond donors (Lipinski definition) is 2. The van der Waals surface area contributed by atoms with Crippen LogP contribution in [0.15, 0.2) is 0 Å². The van der Waals surface area contributed by atoms with Crippen molar-refractivity contribution < 1.29 is 19.4 Å². The zero-order chi connectivity index (χ0) is 14.8. The average molecular weight is 271 g/mol. The maximum absolute atomic E-state index is 11.6. The maximum Gasteiger partial charge on any atom is 0.408 e. The smallest absolute Gasteiger partial charge is 0.408 e. The summed E-state index contributed by atoms with van der Waals surface area (Å²) in [5, 5.41) is 11.6. The van der Waals surface area contributed by atoms with Gasteiger partial charge in [0.25, 0.3) is 0 Å². The highest BCUT2D eigenvalue weighted by molar-refractivity contribution is 5.80. The molecular formula is C14H25NO4. The van der Waals surface area contributed by atoms with Gasteiger partial charge in [0, 0.05) is 0 Å². The van der Waals surface area contributed by atoms with E-state index in [2.05, 4.69) is 19.2 Å². The van der Waals surface area contributed by atoms with Gasteiger partial charge >= 0.3 is 12.1 Å². The lowest BCUT2D eigenvalue weighted by Crippen LogP contribution is -2.46. The number of carbonyl (C=O) groups is 2. The fourth-order valence-electron chi connectivity index (χ4n) is 2.67. The van der Waals surface area contributed by atoms with E-state index >= 15 is 0 Å². The summed E-state index contributed by atoms with van der Waals surface area (Å²) in [6, 6.07) is -0.865. The molecule has 1 atom stereocenters. The number of amides is 1. The van der Waals surface area contributed by atoms with Crippen molar-refractivity contribution in [2.75, 3.05) is 0 Å². The summed E-state index contributed by atoms with van der Waals surface area (Å²) in [5.74, 6) is -0.637. The molecule has 1 rings (SSSR count). The van der Waals surface area contributed by atoms with Crippen LogP contribution in [-0.2, 0) is 9.53 Å². The van der Waals surface area contributed by atoms with Crippen LogP contribution in [0.5, 0.6) is 0 Å². The van der Waals surface area contributed by atoms with E-state index in [1.165, 1.54) is 0 Å². The maximum atomic E-state index is 11.6. The van der Waals surface area contributed by atoms with Gasteiger partial charge in [0.2, 0.25) is 0 Å². The number of nitrogens with one attached hydrogen (secondary N) is 1. The van der Waals surface area contributed by atoms with Crippen LogP contribution in [0, 0.1) is 11.3 Å². The Kier molecular flexibility index (Phi) is 4.48. The van der Waals surface area contributed by atoms with Gasteiger partial charge in [-0.05, 0) is 51.4 Å². The van der Waals surface area contributed by atoms with Crippen LogP contribution in [0.3, 0.4) is 0 Å². The van der Waals surface area contributed by atoms with E-state index < -0.39 is 23.7 Å². The predicted molar refractivity (Wildman–Crippen MR) is 71.9 cm³/mol. The van der Waals surface area contributed by atoms with Gasteiger partial charge < -0.3 is 15.2 Å². The van der Waals surface area contributed by atoms with Crippen LogP contribution < -0.4 is 5.32 Å². The minimum Gasteiger partial charge on any atom is -0.480 e. The van der Waals surface area contributed by atoms with E-state index in [9.17, 15) is 9.59 Å². The van der Waals surface area contributed by atoms with Crippen molar-refractivity contribution >= 4 is 12.1 Å². The second kappa shape index (κ2) is 5.39. The van der Waals surface area contributed by atoms with Crippen LogP contribution in [0.1, 0.15) is 53.9 Å². The first-order valence-electron chi connectivity index (χ1n) is 6.71. The van der Waals surface area contributed by atoms with Crippen molar-refractivity contribution in [2.45, 2.75) is 65.5 Å². The molecule has 110 valence electrons. The fraction of sp³-hybridized carbons (Fsp3) is 0.857.